The van der Waals surface area contributed by atoms with Crippen molar-refractivity contribution >= 4 is 30.4 Å². The number of thioether (sulfide) groups is 1. The van der Waals surface area contributed by atoms with E-state index in [1.54, 1.807) is 34.8 Å². The minimum Gasteiger partial charge on any atom is -0.535 e. The highest BCUT2D eigenvalue weighted by molar-refractivity contribution is 7.98. The molecule has 1 aromatic carbocycles. The minimum atomic E-state index is -1.15. The van der Waals surface area contributed by atoms with Crippen LogP contribution in [0.15, 0.2) is 24.4 Å². The number of hydrogen-bond acceptors (Lipinski definition) is 8. The van der Waals surface area contributed by atoms with Crippen LogP contribution in [0.5, 0.6) is 5.75 Å². The number of benzene rings is 1. The molecule has 8 nitrogen and oxygen atoms in total. The van der Waals surface area contributed by atoms with Gasteiger partial charge in [0, 0.05) is 18.8 Å². The number of para-hydroxylation sites is 1. The van der Waals surface area contributed by atoms with Crippen LogP contribution < -0.4 is 10.4 Å². The van der Waals surface area contributed by atoms with Crippen LogP contribution in [0.1, 0.15) is 47.4 Å². The van der Waals surface area contributed by atoms with Crippen molar-refractivity contribution in [1.29, 1.82) is 0 Å². The molecule has 2 atom stereocenters. The third-order valence-corrected chi connectivity index (χ3v) is 5.76. The van der Waals surface area contributed by atoms with Crippen LogP contribution in [0.25, 0.3) is 0 Å². The normalized spacial score (nSPS) is 16.8. The van der Waals surface area contributed by atoms with E-state index in [4.69, 9.17) is 10.4 Å². The molecule has 0 saturated carbocycles. The summed E-state index contributed by atoms with van der Waals surface area (Å²) in [5.74, 6) is 0.655. The van der Waals surface area contributed by atoms with Gasteiger partial charge in [0.25, 0.3) is 0 Å². The molecule has 1 aliphatic rings. The average molecular weight is 416 g/mol. The number of ketones is 2. The fourth-order valence-corrected chi connectivity index (χ4v) is 4.02. The van der Waals surface area contributed by atoms with E-state index in [1.165, 1.54) is 6.92 Å². The summed E-state index contributed by atoms with van der Waals surface area (Å²) < 4.78 is 7.22. The molecule has 0 unspecified atom stereocenters. The van der Waals surface area contributed by atoms with Gasteiger partial charge in [0.2, 0.25) is 0 Å². The van der Waals surface area contributed by atoms with Crippen LogP contribution in [0.4, 0.5) is 0 Å². The van der Waals surface area contributed by atoms with Crippen molar-refractivity contribution in [2.24, 2.45) is 5.73 Å². The standard InChI is InChI=1S/C19H25BN4O4S/c1-12(25)16-5-3-4-13-8-14(20(27)28-19(13)16)9-18(26)17(6-7-29-2)24-11-15(10-21)22-23-24/h3-5,11,14,17,27H,6-10,21H2,1-2H3/t14-,17+/m1/s1. The molecular weight excluding hydrogens is 391 g/mol. The first-order valence-corrected chi connectivity index (χ1v) is 10.9. The molecular formula is C19H25BN4O4S. The van der Waals surface area contributed by atoms with Gasteiger partial charge < -0.3 is 15.4 Å². The first-order valence-electron chi connectivity index (χ1n) is 9.54. The van der Waals surface area contributed by atoms with E-state index in [9.17, 15) is 14.6 Å². The smallest absolute Gasteiger partial charge is 0.526 e. The predicted octanol–water partition coefficient (Wildman–Crippen LogP) is 1.68. The summed E-state index contributed by atoms with van der Waals surface area (Å²) in [5, 5.41) is 18.6. The van der Waals surface area contributed by atoms with Crippen molar-refractivity contribution in [3.63, 3.8) is 0 Å². The first kappa shape index (κ1) is 21.5. The maximum absolute atomic E-state index is 13.1. The highest BCUT2D eigenvalue weighted by Crippen LogP contribution is 2.37. The molecule has 2 aromatic rings. The minimum absolute atomic E-state index is 0.0358. The zero-order chi connectivity index (χ0) is 21.0. The monoisotopic (exact) mass is 416 g/mol. The highest BCUT2D eigenvalue weighted by atomic mass is 32.2. The third kappa shape index (κ3) is 4.88. The van der Waals surface area contributed by atoms with E-state index in [2.05, 4.69) is 10.3 Å². The number of rotatable bonds is 9. The summed E-state index contributed by atoms with van der Waals surface area (Å²) in [7, 11) is -1.15. The number of fused-ring (bicyclic) bond motifs is 1. The Labute approximate surface area is 174 Å². The third-order valence-electron chi connectivity index (χ3n) is 5.12. The first-order chi connectivity index (χ1) is 13.9. The predicted molar refractivity (Wildman–Crippen MR) is 112 cm³/mol. The van der Waals surface area contributed by atoms with Crippen LogP contribution >= 0.6 is 11.8 Å². The Morgan fingerprint density at radius 3 is 2.93 bits per heavy atom. The van der Waals surface area contributed by atoms with Crippen molar-refractivity contribution in [1.82, 2.24) is 15.0 Å². The lowest BCUT2D eigenvalue weighted by atomic mass is 9.64. The van der Waals surface area contributed by atoms with Crippen molar-refractivity contribution in [2.75, 3.05) is 12.0 Å². The summed E-state index contributed by atoms with van der Waals surface area (Å²) in [5.41, 5.74) is 7.50. The van der Waals surface area contributed by atoms with Gasteiger partial charge in [-0.1, -0.05) is 17.3 Å². The van der Waals surface area contributed by atoms with Crippen LogP contribution in [0, 0.1) is 0 Å². The molecule has 3 rings (SSSR count). The molecule has 0 aliphatic carbocycles. The molecule has 0 radical (unpaired) electrons. The Hall–Kier alpha value is -2.17. The Kier molecular flexibility index (Phi) is 7.10. The quantitative estimate of drug-likeness (QED) is 0.468. The summed E-state index contributed by atoms with van der Waals surface area (Å²) in [6, 6.07) is 4.87. The number of nitrogens with two attached hydrogens (primary N) is 1. The fraction of sp³-hybridized carbons (Fsp3) is 0.474. The Bertz CT molecular complexity index is 891. The molecule has 2 heterocycles. The largest absolute Gasteiger partial charge is 0.535 e. The lowest BCUT2D eigenvalue weighted by Crippen LogP contribution is -2.37. The van der Waals surface area contributed by atoms with Crippen molar-refractivity contribution in [3.8, 4) is 5.75 Å². The Morgan fingerprint density at radius 1 is 1.48 bits per heavy atom. The van der Waals surface area contributed by atoms with Gasteiger partial charge in [-0.05, 0) is 43.4 Å². The number of carbonyl (C=O) groups is 2. The van der Waals surface area contributed by atoms with Gasteiger partial charge in [-0.15, -0.1) is 5.10 Å². The lowest BCUT2D eigenvalue weighted by molar-refractivity contribution is -0.122. The number of Topliss-reactive ketones (excluding diaryl/α,β-unsaturated/α-hetero) is 2. The van der Waals surface area contributed by atoms with E-state index in [1.807, 2.05) is 12.3 Å². The van der Waals surface area contributed by atoms with Crippen molar-refractivity contribution < 1.29 is 19.3 Å². The summed E-state index contributed by atoms with van der Waals surface area (Å²) in [4.78, 5) is 24.9. The summed E-state index contributed by atoms with van der Waals surface area (Å²) >= 11 is 1.65. The molecule has 1 aromatic heterocycles. The lowest BCUT2D eigenvalue weighted by Gasteiger charge is -2.29. The number of carbonyl (C=O) groups excluding carboxylic acids is 2. The van der Waals surface area contributed by atoms with Crippen LogP contribution in [-0.2, 0) is 17.8 Å². The molecule has 0 bridgehead atoms. The SMILES string of the molecule is CSCC[C@@H](C(=O)C[C@H]1Cc2cccc(C(C)=O)c2OB1O)n1cc(CN)nn1. The molecule has 1 aliphatic heterocycles. The number of hydrogen-bond donors (Lipinski definition) is 2. The highest BCUT2D eigenvalue weighted by Gasteiger charge is 2.38. The number of nitrogens with zero attached hydrogens (tertiary/aromatic N) is 3. The van der Waals surface area contributed by atoms with Crippen LogP contribution in [-0.4, -0.2) is 50.7 Å². The molecule has 10 heteroatoms. The van der Waals surface area contributed by atoms with Gasteiger partial charge in [0.1, 0.15) is 11.8 Å². The fourth-order valence-electron chi connectivity index (χ4n) is 3.56. The van der Waals surface area contributed by atoms with E-state index in [-0.39, 0.29) is 24.5 Å². The summed E-state index contributed by atoms with van der Waals surface area (Å²) in [6.07, 6.45) is 4.90. The molecule has 0 saturated heterocycles. The van der Waals surface area contributed by atoms with Gasteiger partial charge in [0.05, 0.1) is 17.5 Å². The molecule has 0 spiro atoms. The van der Waals surface area contributed by atoms with Gasteiger partial charge in [0.15, 0.2) is 11.6 Å². The van der Waals surface area contributed by atoms with Gasteiger partial charge in [-0.2, -0.15) is 11.8 Å². The van der Waals surface area contributed by atoms with Crippen molar-refractivity contribution in [3.05, 3.63) is 41.2 Å². The van der Waals surface area contributed by atoms with Crippen molar-refractivity contribution in [2.45, 2.75) is 44.6 Å². The Balaban J connectivity index is 1.77. The molecule has 29 heavy (non-hydrogen) atoms. The molecule has 3 N–H and O–H groups in total. The van der Waals surface area contributed by atoms with Gasteiger partial charge in [-0.25, -0.2) is 4.68 Å². The van der Waals surface area contributed by atoms with E-state index in [0.29, 0.717) is 29.8 Å². The zero-order valence-electron chi connectivity index (χ0n) is 16.6. The Morgan fingerprint density at radius 2 is 2.28 bits per heavy atom. The maximum Gasteiger partial charge on any atom is 0.526 e. The van der Waals surface area contributed by atoms with Crippen LogP contribution in [0.3, 0.4) is 0 Å². The maximum atomic E-state index is 13.1. The van der Waals surface area contributed by atoms with Crippen LogP contribution in [0.2, 0.25) is 5.82 Å². The van der Waals surface area contributed by atoms with Gasteiger partial charge in [-0.3, -0.25) is 9.59 Å². The van der Waals surface area contributed by atoms with Gasteiger partial charge >= 0.3 is 7.12 Å². The molecule has 0 fully saturated rings. The van der Waals surface area contributed by atoms with E-state index < -0.39 is 19.0 Å². The zero-order valence-corrected chi connectivity index (χ0v) is 17.4. The second-order valence-corrected chi connectivity index (χ2v) is 8.17. The second kappa shape index (κ2) is 9.56. The topological polar surface area (TPSA) is 120 Å². The van der Waals surface area contributed by atoms with E-state index >= 15 is 0 Å². The molecule has 154 valence electrons. The second-order valence-electron chi connectivity index (χ2n) is 7.18. The summed E-state index contributed by atoms with van der Waals surface area (Å²) in [6.45, 7) is 1.72. The molecule has 0 amide bonds. The van der Waals surface area contributed by atoms with E-state index in [0.717, 1.165) is 11.3 Å². The number of aromatic nitrogens is 3. The average Bonchev–Trinajstić information content (AvgIpc) is 3.17.